The zero-order valence-corrected chi connectivity index (χ0v) is 14.2. The summed E-state index contributed by atoms with van der Waals surface area (Å²) in [7, 11) is -3.47. The first-order valence-corrected chi connectivity index (χ1v) is 9.35. The molecule has 7 heteroatoms. The number of nitrogens with zero attached hydrogens (tertiary/aromatic N) is 1. The monoisotopic (exact) mass is 338 g/mol. The molecule has 1 saturated heterocycles. The summed E-state index contributed by atoms with van der Waals surface area (Å²) in [4.78, 5) is 25.9. The van der Waals surface area contributed by atoms with Gasteiger partial charge in [0.25, 0.3) is 0 Å². The molecule has 0 saturated carbocycles. The van der Waals surface area contributed by atoms with Crippen LogP contribution in [0.3, 0.4) is 0 Å². The summed E-state index contributed by atoms with van der Waals surface area (Å²) < 4.78 is 24.1. The number of carbonyl (C=O) groups is 2. The number of hydrogen-bond acceptors (Lipinski definition) is 4. The summed E-state index contributed by atoms with van der Waals surface area (Å²) in [6.45, 7) is 3.75. The lowest BCUT2D eigenvalue weighted by molar-refractivity contribution is -0.131. The minimum absolute atomic E-state index is 0.136. The molecule has 0 aliphatic carbocycles. The van der Waals surface area contributed by atoms with Crippen molar-refractivity contribution in [2.24, 2.45) is 0 Å². The topological polar surface area (TPSA) is 83.6 Å². The highest BCUT2D eigenvalue weighted by atomic mass is 32.2. The van der Waals surface area contributed by atoms with E-state index in [0.29, 0.717) is 13.1 Å². The number of sulfone groups is 1. The molecule has 0 bridgehead atoms. The molecule has 126 valence electrons. The van der Waals surface area contributed by atoms with Crippen molar-refractivity contribution in [3.8, 4) is 0 Å². The predicted molar refractivity (Wildman–Crippen MR) is 87.4 cm³/mol. The van der Waals surface area contributed by atoms with Crippen LogP contribution in [0.15, 0.2) is 30.3 Å². The second kappa shape index (κ2) is 7.12. The summed E-state index contributed by atoms with van der Waals surface area (Å²) in [6.07, 6.45) is 0.136. The van der Waals surface area contributed by atoms with Crippen molar-refractivity contribution in [2.45, 2.75) is 31.6 Å². The molecule has 1 aromatic rings. The van der Waals surface area contributed by atoms with Crippen LogP contribution in [0.2, 0.25) is 0 Å². The summed E-state index contributed by atoms with van der Waals surface area (Å²) in [5.41, 5.74) is 0.833. The zero-order chi connectivity index (χ0) is 17.0. The fourth-order valence-electron chi connectivity index (χ4n) is 2.52. The Balaban J connectivity index is 2.28. The molecule has 1 aliphatic rings. The van der Waals surface area contributed by atoms with Crippen molar-refractivity contribution in [3.63, 3.8) is 0 Å². The summed E-state index contributed by atoms with van der Waals surface area (Å²) in [5, 5.41) is 2.13. The molecule has 2 amide bonds. The summed E-state index contributed by atoms with van der Waals surface area (Å²) >= 11 is 0. The molecule has 2 rings (SSSR count). The van der Waals surface area contributed by atoms with Crippen molar-refractivity contribution in [1.29, 1.82) is 0 Å². The molecular weight excluding hydrogens is 316 g/mol. The number of benzene rings is 1. The Morgan fingerprint density at radius 3 is 2.57 bits per heavy atom. The third-order valence-corrected chi connectivity index (χ3v) is 6.06. The van der Waals surface area contributed by atoms with Gasteiger partial charge in [0, 0.05) is 13.1 Å². The molecular formula is C16H22N2O4S. The minimum atomic E-state index is -3.47. The van der Waals surface area contributed by atoms with Gasteiger partial charge in [0.05, 0.1) is 17.7 Å². The lowest BCUT2D eigenvalue weighted by atomic mass is 10.0. The minimum Gasteiger partial charge on any atom is -0.354 e. The van der Waals surface area contributed by atoms with Crippen LogP contribution in [-0.2, 0) is 19.4 Å². The fourth-order valence-corrected chi connectivity index (χ4v) is 3.37. The zero-order valence-electron chi connectivity index (χ0n) is 13.4. The van der Waals surface area contributed by atoms with E-state index in [0.717, 1.165) is 5.56 Å². The molecule has 23 heavy (non-hydrogen) atoms. The SMILES string of the molecule is CC(C)S(=O)(=O)CC(=O)N1CCNC(=O)CC1c1ccccc1. The number of hydrogen-bond donors (Lipinski definition) is 1. The van der Waals surface area contributed by atoms with E-state index in [2.05, 4.69) is 5.32 Å². The Morgan fingerprint density at radius 1 is 1.30 bits per heavy atom. The van der Waals surface area contributed by atoms with Crippen LogP contribution in [-0.4, -0.2) is 49.2 Å². The van der Waals surface area contributed by atoms with E-state index in [9.17, 15) is 18.0 Å². The molecule has 1 aliphatic heterocycles. The highest BCUT2D eigenvalue weighted by molar-refractivity contribution is 7.92. The van der Waals surface area contributed by atoms with E-state index in [1.54, 1.807) is 13.8 Å². The first kappa shape index (κ1) is 17.5. The van der Waals surface area contributed by atoms with Gasteiger partial charge in [-0.25, -0.2) is 8.42 Å². The third-order valence-electron chi connectivity index (χ3n) is 3.98. The molecule has 0 aromatic heterocycles. The third kappa shape index (κ3) is 4.31. The van der Waals surface area contributed by atoms with E-state index in [4.69, 9.17) is 0 Å². The Morgan fingerprint density at radius 2 is 1.96 bits per heavy atom. The number of carbonyl (C=O) groups excluding carboxylic acids is 2. The van der Waals surface area contributed by atoms with Crippen LogP contribution in [0.25, 0.3) is 0 Å². The molecule has 1 aromatic carbocycles. The van der Waals surface area contributed by atoms with Gasteiger partial charge < -0.3 is 10.2 Å². The van der Waals surface area contributed by atoms with Crippen LogP contribution >= 0.6 is 0 Å². The van der Waals surface area contributed by atoms with Crippen LogP contribution < -0.4 is 5.32 Å². The summed E-state index contributed by atoms with van der Waals surface area (Å²) in [6, 6.07) is 8.79. The van der Waals surface area contributed by atoms with Gasteiger partial charge in [0.2, 0.25) is 11.8 Å². The second-order valence-corrected chi connectivity index (χ2v) is 8.48. The molecule has 1 fully saturated rings. The lowest BCUT2D eigenvalue weighted by Crippen LogP contribution is -2.41. The van der Waals surface area contributed by atoms with Gasteiger partial charge in [-0.1, -0.05) is 30.3 Å². The predicted octanol–water partition coefficient (Wildman–Crippen LogP) is 0.899. The van der Waals surface area contributed by atoms with Crippen LogP contribution in [0.4, 0.5) is 0 Å². The Kier molecular flexibility index (Phi) is 5.41. The maximum absolute atomic E-state index is 12.6. The standard InChI is InChI=1S/C16H22N2O4S/c1-12(2)23(21,22)11-16(20)18-9-8-17-15(19)10-14(18)13-6-4-3-5-7-13/h3-7,12,14H,8-11H2,1-2H3,(H,17,19). The normalized spacial score (nSPS) is 19.3. The van der Waals surface area contributed by atoms with E-state index >= 15 is 0 Å². The fraction of sp³-hybridized carbons (Fsp3) is 0.500. The second-order valence-electron chi connectivity index (χ2n) is 5.92. The van der Waals surface area contributed by atoms with Crippen LogP contribution in [0.5, 0.6) is 0 Å². The maximum atomic E-state index is 12.6. The van der Waals surface area contributed by atoms with Crippen molar-refractivity contribution >= 4 is 21.7 Å². The lowest BCUT2D eigenvalue weighted by Gasteiger charge is -2.29. The molecule has 0 spiro atoms. The molecule has 6 nitrogen and oxygen atoms in total. The first-order valence-electron chi connectivity index (χ1n) is 7.64. The van der Waals surface area contributed by atoms with E-state index in [1.165, 1.54) is 4.90 Å². The maximum Gasteiger partial charge on any atom is 0.238 e. The Bertz CT molecular complexity index is 671. The van der Waals surface area contributed by atoms with Gasteiger partial charge in [-0.15, -0.1) is 0 Å². The van der Waals surface area contributed by atoms with E-state index < -0.39 is 32.8 Å². The average molecular weight is 338 g/mol. The number of nitrogens with one attached hydrogen (secondary N) is 1. The van der Waals surface area contributed by atoms with Crippen molar-refractivity contribution in [2.75, 3.05) is 18.8 Å². The molecule has 1 unspecified atom stereocenters. The quantitative estimate of drug-likeness (QED) is 0.884. The molecule has 1 atom stereocenters. The van der Waals surface area contributed by atoms with Crippen molar-refractivity contribution in [1.82, 2.24) is 10.2 Å². The summed E-state index contributed by atoms with van der Waals surface area (Å²) in [5.74, 6) is -1.12. The molecule has 1 heterocycles. The first-order chi connectivity index (χ1) is 10.8. The highest BCUT2D eigenvalue weighted by Crippen LogP contribution is 2.26. The van der Waals surface area contributed by atoms with Gasteiger partial charge >= 0.3 is 0 Å². The number of rotatable bonds is 4. The molecule has 1 N–H and O–H groups in total. The van der Waals surface area contributed by atoms with E-state index in [-0.39, 0.29) is 12.3 Å². The van der Waals surface area contributed by atoms with Gasteiger partial charge in [-0.05, 0) is 19.4 Å². The smallest absolute Gasteiger partial charge is 0.238 e. The van der Waals surface area contributed by atoms with Gasteiger partial charge in [-0.3, -0.25) is 9.59 Å². The Labute approximate surface area is 136 Å². The number of amides is 2. The average Bonchev–Trinajstić information content (AvgIpc) is 2.69. The van der Waals surface area contributed by atoms with Crippen LogP contribution in [0, 0.1) is 0 Å². The van der Waals surface area contributed by atoms with Crippen molar-refractivity contribution < 1.29 is 18.0 Å². The van der Waals surface area contributed by atoms with Crippen molar-refractivity contribution in [3.05, 3.63) is 35.9 Å². The van der Waals surface area contributed by atoms with E-state index in [1.807, 2.05) is 30.3 Å². The van der Waals surface area contributed by atoms with Gasteiger partial charge in [-0.2, -0.15) is 0 Å². The Hall–Kier alpha value is -1.89. The largest absolute Gasteiger partial charge is 0.354 e. The van der Waals surface area contributed by atoms with Crippen LogP contribution in [0.1, 0.15) is 31.9 Å². The molecule has 0 radical (unpaired) electrons. The van der Waals surface area contributed by atoms with Gasteiger partial charge in [0.1, 0.15) is 5.75 Å². The highest BCUT2D eigenvalue weighted by Gasteiger charge is 2.32. The van der Waals surface area contributed by atoms with Gasteiger partial charge in [0.15, 0.2) is 9.84 Å².